The highest BCUT2D eigenvalue weighted by atomic mass is 35.5. The fourth-order valence-electron chi connectivity index (χ4n) is 3.53. The van der Waals surface area contributed by atoms with Crippen LogP contribution in [0, 0.1) is 19.7 Å². The SMILES string of the molecule is Cc1cc(F)cc(C)c1-n1cc(C(=O)Nc2cc(C(=O)NC3CC3)ccc2Cl)ccc1=O. The second kappa shape index (κ2) is 8.59. The maximum atomic E-state index is 13.7. The van der Waals surface area contributed by atoms with E-state index in [1.807, 2.05) is 0 Å². The zero-order valence-electron chi connectivity index (χ0n) is 17.5. The Balaban J connectivity index is 1.63. The summed E-state index contributed by atoms with van der Waals surface area (Å²) in [6.45, 7) is 3.39. The normalized spacial score (nSPS) is 13.0. The summed E-state index contributed by atoms with van der Waals surface area (Å²) < 4.78 is 15.0. The number of hydrogen-bond donors (Lipinski definition) is 2. The number of nitrogens with zero attached hydrogens (tertiary/aromatic N) is 1. The average Bonchev–Trinajstić information content (AvgIpc) is 3.54. The van der Waals surface area contributed by atoms with E-state index in [4.69, 9.17) is 11.6 Å². The number of aryl methyl sites for hydroxylation is 2. The van der Waals surface area contributed by atoms with E-state index < -0.39 is 11.7 Å². The van der Waals surface area contributed by atoms with Crippen LogP contribution in [0.2, 0.25) is 5.02 Å². The molecule has 0 bridgehead atoms. The Labute approximate surface area is 189 Å². The summed E-state index contributed by atoms with van der Waals surface area (Å²) in [4.78, 5) is 37.7. The van der Waals surface area contributed by atoms with Crippen molar-refractivity contribution in [3.05, 3.63) is 92.1 Å². The molecule has 1 aromatic heterocycles. The molecule has 0 spiro atoms. The summed E-state index contributed by atoms with van der Waals surface area (Å²) in [6, 6.07) is 10.2. The van der Waals surface area contributed by atoms with E-state index in [-0.39, 0.29) is 33.8 Å². The first-order chi connectivity index (χ1) is 15.2. The molecule has 2 amide bonds. The molecule has 3 aromatic rings. The lowest BCUT2D eigenvalue weighted by atomic mass is 10.1. The van der Waals surface area contributed by atoms with Crippen molar-refractivity contribution in [3.63, 3.8) is 0 Å². The maximum absolute atomic E-state index is 13.7. The van der Waals surface area contributed by atoms with Crippen molar-refractivity contribution in [2.24, 2.45) is 0 Å². The average molecular weight is 454 g/mol. The number of amides is 2. The van der Waals surface area contributed by atoms with Gasteiger partial charge in [-0.1, -0.05) is 11.6 Å². The van der Waals surface area contributed by atoms with E-state index in [9.17, 15) is 18.8 Å². The number of anilines is 1. The van der Waals surface area contributed by atoms with Gasteiger partial charge in [-0.2, -0.15) is 0 Å². The molecule has 164 valence electrons. The minimum absolute atomic E-state index is 0.204. The Kier molecular flexibility index (Phi) is 5.84. The minimum Gasteiger partial charge on any atom is -0.349 e. The van der Waals surface area contributed by atoms with Crippen LogP contribution in [0.3, 0.4) is 0 Å². The van der Waals surface area contributed by atoms with Gasteiger partial charge in [0.1, 0.15) is 5.82 Å². The maximum Gasteiger partial charge on any atom is 0.257 e. The summed E-state index contributed by atoms with van der Waals surface area (Å²) >= 11 is 6.22. The standard InChI is InChI=1S/C24H21ClFN3O3/c1-13-9-17(26)10-14(2)22(13)29-12-16(4-8-21(29)30)24(32)28-20-11-15(3-7-19(20)25)23(31)27-18-5-6-18/h3-4,7-12,18H,5-6H2,1-2H3,(H,27,31)(H,28,32). The van der Waals surface area contributed by atoms with Gasteiger partial charge in [0.2, 0.25) is 0 Å². The number of aromatic nitrogens is 1. The summed E-state index contributed by atoms with van der Waals surface area (Å²) in [5.74, 6) is -1.13. The van der Waals surface area contributed by atoms with Crippen molar-refractivity contribution in [3.8, 4) is 5.69 Å². The summed E-state index contributed by atoms with van der Waals surface area (Å²) in [7, 11) is 0. The first kappa shape index (κ1) is 21.8. The fraction of sp³-hybridized carbons (Fsp3) is 0.208. The van der Waals surface area contributed by atoms with Gasteiger partial charge in [-0.15, -0.1) is 0 Å². The van der Waals surface area contributed by atoms with Gasteiger partial charge < -0.3 is 10.6 Å². The second-order valence-electron chi connectivity index (χ2n) is 7.91. The molecule has 0 atom stereocenters. The van der Waals surface area contributed by atoms with E-state index in [0.717, 1.165) is 12.8 Å². The van der Waals surface area contributed by atoms with E-state index in [2.05, 4.69) is 10.6 Å². The van der Waals surface area contributed by atoms with Crippen LogP contribution >= 0.6 is 11.6 Å². The zero-order chi connectivity index (χ0) is 23.0. The number of pyridine rings is 1. The van der Waals surface area contributed by atoms with E-state index >= 15 is 0 Å². The first-order valence-corrected chi connectivity index (χ1v) is 10.5. The molecule has 1 aliphatic carbocycles. The van der Waals surface area contributed by atoms with Crippen molar-refractivity contribution in [1.29, 1.82) is 0 Å². The van der Waals surface area contributed by atoms with E-state index in [0.29, 0.717) is 22.4 Å². The number of benzene rings is 2. The zero-order valence-corrected chi connectivity index (χ0v) is 18.3. The molecule has 8 heteroatoms. The highest BCUT2D eigenvalue weighted by Crippen LogP contribution is 2.25. The predicted octanol–water partition coefficient (Wildman–Crippen LogP) is 4.39. The minimum atomic E-state index is -0.502. The Hall–Kier alpha value is -3.45. The summed E-state index contributed by atoms with van der Waals surface area (Å²) in [6.07, 6.45) is 3.33. The highest BCUT2D eigenvalue weighted by Gasteiger charge is 2.24. The van der Waals surface area contributed by atoms with Crippen LogP contribution in [0.15, 0.2) is 53.5 Å². The molecular weight excluding hydrogens is 433 g/mol. The van der Waals surface area contributed by atoms with Crippen LogP contribution < -0.4 is 16.2 Å². The van der Waals surface area contributed by atoms with Crippen LogP contribution in [-0.2, 0) is 0 Å². The number of nitrogens with one attached hydrogen (secondary N) is 2. The first-order valence-electron chi connectivity index (χ1n) is 10.1. The molecule has 0 unspecified atom stereocenters. The van der Waals surface area contributed by atoms with Gasteiger partial charge in [0.15, 0.2) is 0 Å². The largest absolute Gasteiger partial charge is 0.349 e. The molecule has 0 aliphatic heterocycles. The molecule has 32 heavy (non-hydrogen) atoms. The number of carbonyl (C=O) groups is 2. The molecular formula is C24H21ClFN3O3. The van der Waals surface area contributed by atoms with Gasteiger partial charge in [-0.3, -0.25) is 19.0 Å². The summed E-state index contributed by atoms with van der Waals surface area (Å²) in [5.41, 5.74) is 2.18. The monoisotopic (exact) mass is 453 g/mol. The molecule has 6 nitrogen and oxygen atoms in total. The lowest BCUT2D eigenvalue weighted by Crippen LogP contribution is -2.25. The Morgan fingerprint density at radius 3 is 2.31 bits per heavy atom. The van der Waals surface area contributed by atoms with Crippen LogP contribution in [-0.4, -0.2) is 22.4 Å². The fourth-order valence-corrected chi connectivity index (χ4v) is 3.70. The lowest BCUT2D eigenvalue weighted by Gasteiger charge is -2.14. The molecule has 0 radical (unpaired) electrons. The molecule has 0 saturated heterocycles. The van der Waals surface area contributed by atoms with Gasteiger partial charge in [0.25, 0.3) is 17.4 Å². The van der Waals surface area contributed by atoms with Crippen LogP contribution in [0.1, 0.15) is 44.7 Å². The van der Waals surface area contributed by atoms with Gasteiger partial charge in [-0.25, -0.2) is 4.39 Å². The number of hydrogen-bond acceptors (Lipinski definition) is 3. The molecule has 4 rings (SSSR count). The van der Waals surface area contributed by atoms with Gasteiger partial charge in [0.05, 0.1) is 22.0 Å². The molecule has 2 aromatic carbocycles. The molecule has 1 heterocycles. The van der Waals surface area contributed by atoms with Crippen LogP contribution in [0.5, 0.6) is 0 Å². The van der Waals surface area contributed by atoms with Gasteiger partial charge in [-0.05, 0) is 74.2 Å². The Bertz CT molecular complexity index is 1270. The van der Waals surface area contributed by atoms with Crippen molar-refractivity contribution in [2.75, 3.05) is 5.32 Å². The second-order valence-corrected chi connectivity index (χ2v) is 8.32. The van der Waals surface area contributed by atoms with Gasteiger partial charge in [0, 0.05) is 23.9 Å². The molecule has 1 saturated carbocycles. The third kappa shape index (κ3) is 4.57. The van der Waals surface area contributed by atoms with E-state index in [1.54, 1.807) is 26.0 Å². The van der Waals surface area contributed by atoms with Crippen molar-refractivity contribution >= 4 is 29.1 Å². The predicted molar refractivity (Wildman–Crippen MR) is 121 cm³/mol. The number of carbonyl (C=O) groups excluding carboxylic acids is 2. The number of halogens is 2. The van der Waals surface area contributed by atoms with Crippen molar-refractivity contribution < 1.29 is 14.0 Å². The van der Waals surface area contributed by atoms with Crippen molar-refractivity contribution in [2.45, 2.75) is 32.7 Å². The third-order valence-electron chi connectivity index (χ3n) is 5.26. The smallest absolute Gasteiger partial charge is 0.257 e. The highest BCUT2D eigenvalue weighted by molar-refractivity contribution is 6.34. The third-order valence-corrected chi connectivity index (χ3v) is 5.59. The Morgan fingerprint density at radius 1 is 1.00 bits per heavy atom. The van der Waals surface area contributed by atoms with Gasteiger partial charge >= 0.3 is 0 Å². The van der Waals surface area contributed by atoms with Crippen LogP contribution in [0.4, 0.5) is 10.1 Å². The molecule has 1 fully saturated rings. The molecule has 2 N–H and O–H groups in total. The molecule has 1 aliphatic rings. The summed E-state index contributed by atoms with van der Waals surface area (Å²) in [5, 5.41) is 5.87. The Morgan fingerprint density at radius 2 is 1.66 bits per heavy atom. The van der Waals surface area contributed by atoms with E-state index in [1.165, 1.54) is 41.1 Å². The lowest BCUT2D eigenvalue weighted by molar-refractivity contribution is 0.0949. The topological polar surface area (TPSA) is 80.2 Å². The quantitative estimate of drug-likeness (QED) is 0.601. The van der Waals surface area contributed by atoms with Crippen LogP contribution in [0.25, 0.3) is 5.69 Å². The number of rotatable bonds is 5. The van der Waals surface area contributed by atoms with Crippen molar-refractivity contribution in [1.82, 2.24) is 9.88 Å².